The van der Waals surface area contributed by atoms with Crippen molar-refractivity contribution in [3.05, 3.63) is 59.7 Å². The molecular weight excluding hydrogens is 596 g/mol. The van der Waals surface area contributed by atoms with Crippen molar-refractivity contribution in [2.45, 2.75) is 42.7 Å². The van der Waals surface area contributed by atoms with Crippen LogP contribution in [0.25, 0.3) is 0 Å². The largest absolute Gasteiger partial charge is 0.494 e. The summed E-state index contributed by atoms with van der Waals surface area (Å²) in [5.41, 5.74) is 0.308. The molecule has 0 aliphatic carbocycles. The monoisotopic (exact) mass is 622 g/mol. The summed E-state index contributed by atoms with van der Waals surface area (Å²) in [6, 6.07) is 9.59. The molecule has 0 bridgehead atoms. The van der Waals surface area contributed by atoms with Gasteiger partial charge in [0.15, 0.2) is 0 Å². The topological polar surface area (TPSA) is 83.5 Å². The minimum atomic E-state index is -4.51. The fourth-order valence-corrected chi connectivity index (χ4v) is 3.99. The summed E-state index contributed by atoms with van der Waals surface area (Å²) in [5, 5.41) is 8.11. The van der Waals surface area contributed by atoms with E-state index in [4.69, 9.17) is 44.3 Å². The van der Waals surface area contributed by atoms with Gasteiger partial charge >= 0.3 is 18.3 Å². The first-order chi connectivity index (χ1) is 18.8. The molecule has 2 aromatic carbocycles. The Balaban J connectivity index is 1.88. The third kappa shape index (κ3) is 8.81. The minimum absolute atomic E-state index is 0.0568. The summed E-state index contributed by atoms with van der Waals surface area (Å²) in [7, 11) is 0. The first-order valence-corrected chi connectivity index (χ1v) is 13.5. The zero-order chi connectivity index (χ0) is 29.5. The second-order valence-electron chi connectivity index (χ2n) is 8.82. The van der Waals surface area contributed by atoms with E-state index < -0.39 is 40.3 Å². The summed E-state index contributed by atoms with van der Waals surface area (Å²) < 4.78 is 47.7. The standard InChI is InChI=1S/C26H28Cl3F3N4O4/c1-3-13-35(24(38)40-16-25(27,28)29)21-15-36(23(37)33-19-9-7-18(8-10-19)26(30,31)32)34-22(21)17-5-11-20(12-6-17)39-14-4-2/h5-12,21H,3-4,13-16H2,1-2H3,(H,33,37). The molecule has 1 unspecified atom stereocenters. The second-order valence-corrected chi connectivity index (χ2v) is 11.3. The van der Waals surface area contributed by atoms with Crippen LogP contribution in [0.2, 0.25) is 0 Å². The van der Waals surface area contributed by atoms with E-state index in [9.17, 15) is 22.8 Å². The molecule has 14 heteroatoms. The third-order valence-electron chi connectivity index (χ3n) is 5.65. The summed E-state index contributed by atoms with van der Waals surface area (Å²) in [5.74, 6) is 0.644. The quantitative estimate of drug-likeness (QED) is 0.297. The van der Waals surface area contributed by atoms with Crippen molar-refractivity contribution in [2.24, 2.45) is 5.10 Å². The maximum atomic E-state index is 13.1. The Labute approximate surface area is 244 Å². The van der Waals surface area contributed by atoms with E-state index in [0.29, 0.717) is 30.1 Å². The van der Waals surface area contributed by atoms with Crippen LogP contribution in [-0.2, 0) is 10.9 Å². The number of hydrazone groups is 1. The lowest BCUT2D eigenvalue weighted by molar-refractivity contribution is -0.137. The van der Waals surface area contributed by atoms with Crippen molar-refractivity contribution >= 4 is 58.3 Å². The van der Waals surface area contributed by atoms with Gasteiger partial charge in [0.1, 0.15) is 12.4 Å². The molecule has 0 saturated carbocycles. The Morgan fingerprint density at radius 1 is 1.05 bits per heavy atom. The van der Waals surface area contributed by atoms with Gasteiger partial charge in [-0.15, -0.1) is 0 Å². The van der Waals surface area contributed by atoms with E-state index in [1.807, 2.05) is 13.8 Å². The number of urea groups is 1. The van der Waals surface area contributed by atoms with Gasteiger partial charge in [0.05, 0.1) is 30.5 Å². The molecule has 0 spiro atoms. The van der Waals surface area contributed by atoms with Crippen molar-refractivity contribution in [1.29, 1.82) is 0 Å². The summed E-state index contributed by atoms with van der Waals surface area (Å²) in [6.45, 7) is 4.08. The van der Waals surface area contributed by atoms with E-state index in [1.54, 1.807) is 24.3 Å². The molecule has 3 amide bonds. The molecule has 2 aromatic rings. The summed E-state index contributed by atoms with van der Waals surface area (Å²) >= 11 is 17.2. The zero-order valence-electron chi connectivity index (χ0n) is 21.7. The number of nitrogens with zero attached hydrogens (tertiary/aromatic N) is 3. The number of benzene rings is 2. The van der Waals surface area contributed by atoms with Crippen molar-refractivity contribution in [2.75, 3.05) is 31.6 Å². The Morgan fingerprint density at radius 2 is 1.70 bits per heavy atom. The number of anilines is 1. The van der Waals surface area contributed by atoms with E-state index in [1.165, 1.54) is 4.90 Å². The van der Waals surface area contributed by atoms with Gasteiger partial charge in [-0.3, -0.25) is 4.90 Å². The molecule has 1 heterocycles. The van der Waals surface area contributed by atoms with Gasteiger partial charge in [0.2, 0.25) is 3.79 Å². The molecule has 0 fully saturated rings. The van der Waals surface area contributed by atoms with Gasteiger partial charge in [0.25, 0.3) is 0 Å². The van der Waals surface area contributed by atoms with Gasteiger partial charge in [-0.2, -0.15) is 18.3 Å². The number of nitrogens with one attached hydrogen (secondary N) is 1. The van der Waals surface area contributed by atoms with Gasteiger partial charge in [-0.25, -0.2) is 14.6 Å². The molecule has 0 radical (unpaired) electrons. The van der Waals surface area contributed by atoms with Crippen LogP contribution in [0.4, 0.5) is 28.4 Å². The van der Waals surface area contributed by atoms with Crippen molar-refractivity contribution in [3.63, 3.8) is 0 Å². The normalized spacial score (nSPS) is 15.4. The number of carbonyl (C=O) groups excluding carboxylic acids is 2. The molecule has 1 N–H and O–H groups in total. The number of alkyl halides is 6. The van der Waals surface area contributed by atoms with Crippen LogP contribution in [0.5, 0.6) is 5.75 Å². The summed E-state index contributed by atoms with van der Waals surface area (Å²) in [4.78, 5) is 27.5. The van der Waals surface area contributed by atoms with E-state index in [2.05, 4.69) is 10.4 Å². The average Bonchev–Trinajstić information content (AvgIpc) is 3.34. The molecule has 3 rings (SSSR count). The lowest BCUT2D eigenvalue weighted by Crippen LogP contribution is -2.48. The smallest absolute Gasteiger partial charge is 0.416 e. The van der Waals surface area contributed by atoms with E-state index in [-0.39, 0.29) is 18.8 Å². The number of carbonyl (C=O) groups is 2. The van der Waals surface area contributed by atoms with Gasteiger partial charge < -0.3 is 14.8 Å². The molecule has 1 atom stereocenters. The predicted octanol–water partition coefficient (Wildman–Crippen LogP) is 7.33. The SMILES string of the molecule is CCCOc1ccc(C2=NN(C(=O)Nc3ccc(C(F)(F)F)cc3)CC2N(CCC)C(=O)OCC(Cl)(Cl)Cl)cc1. The second kappa shape index (κ2) is 13.6. The molecule has 218 valence electrons. The number of amides is 3. The Bertz CT molecular complexity index is 1190. The number of hydrogen-bond acceptors (Lipinski definition) is 5. The molecule has 0 aromatic heterocycles. The predicted molar refractivity (Wildman–Crippen MR) is 148 cm³/mol. The molecule has 40 heavy (non-hydrogen) atoms. The van der Waals surface area contributed by atoms with Crippen molar-refractivity contribution < 1.29 is 32.2 Å². The van der Waals surface area contributed by atoms with E-state index in [0.717, 1.165) is 35.7 Å². The van der Waals surface area contributed by atoms with Crippen LogP contribution < -0.4 is 10.1 Å². The first-order valence-electron chi connectivity index (χ1n) is 12.4. The Kier molecular flexibility index (Phi) is 10.8. The molecule has 0 saturated heterocycles. The highest BCUT2D eigenvalue weighted by molar-refractivity contribution is 6.67. The van der Waals surface area contributed by atoms with Crippen LogP contribution in [0.1, 0.15) is 37.8 Å². The number of rotatable bonds is 9. The van der Waals surface area contributed by atoms with Gasteiger partial charge in [-0.05, 0) is 61.4 Å². The maximum Gasteiger partial charge on any atom is 0.416 e. The number of ether oxygens (including phenoxy) is 2. The molecule has 8 nitrogen and oxygen atoms in total. The van der Waals surface area contributed by atoms with Crippen LogP contribution in [0.15, 0.2) is 53.6 Å². The maximum absolute atomic E-state index is 13.1. The minimum Gasteiger partial charge on any atom is -0.494 e. The highest BCUT2D eigenvalue weighted by Crippen LogP contribution is 2.30. The molecule has 1 aliphatic heterocycles. The first kappa shape index (κ1) is 31.6. The fourth-order valence-electron chi connectivity index (χ4n) is 3.83. The highest BCUT2D eigenvalue weighted by atomic mass is 35.6. The van der Waals surface area contributed by atoms with Gasteiger partial charge in [-0.1, -0.05) is 48.7 Å². The number of hydrogen-bond donors (Lipinski definition) is 1. The van der Waals surface area contributed by atoms with Crippen LogP contribution in [-0.4, -0.2) is 63.9 Å². The average molecular weight is 624 g/mol. The van der Waals surface area contributed by atoms with Crippen LogP contribution in [0, 0.1) is 0 Å². The lowest BCUT2D eigenvalue weighted by Gasteiger charge is -2.29. The Morgan fingerprint density at radius 3 is 2.25 bits per heavy atom. The van der Waals surface area contributed by atoms with Crippen LogP contribution in [0.3, 0.4) is 0 Å². The van der Waals surface area contributed by atoms with Crippen molar-refractivity contribution in [1.82, 2.24) is 9.91 Å². The lowest BCUT2D eigenvalue weighted by atomic mass is 10.0. The van der Waals surface area contributed by atoms with Crippen LogP contribution >= 0.6 is 34.8 Å². The molecular formula is C26H28Cl3F3N4O4. The van der Waals surface area contributed by atoms with Crippen molar-refractivity contribution in [3.8, 4) is 5.75 Å². The highest BCUT2D eigenvalue weighted by Gasteiger charge is 2.39. The Hall–Kier alpha value is -2.89. The van der Waals surface area contributed by atoms with E-state index >= 15 is 0 Å². The number of halogens is 6. The fraction of sp³-hybridized carbons (Fsp3) is 0.423. The zero-order valence-corrected chi connectivity index (χ0v) is 23.9. The molecule has 1 aliphatic rings. The summed E-state index contributed by atoms with van der Waals surface area (Å²) in [6.07, 6.45) is -3.89. The third-order valence-corrected chi connectivity index (χ3v) is 5.97. The van der Waals surface area contributed by atoms with Gasteiger partial charge in [0, 0.05) is 17.8 Å².